The number of aromatic nitrogens is 2. The number of hydrogen-bond acceptors (Lipinski definition) is 7. The molecule has 0 spiro atoms. The normalized spacial score (nSPS) is 11.2. The predicted octanol–water partition coefficient (Wildman–Crippen LogP) is 4.49. The van der Waals surface area contributed by atoms with Gasteiger partial charge in [0.15, 0.2) is 5.16 Å². The van der Waals surface area contributed by atoms with Crippen LogP contribution in [0.1, 0.15) is 4.88 Å². The molecule has 4 rings (SSSR count). The van der Waals surface area contributed by atoms with Crippen LogP contribution in [0.3, 0.4) is 0 Å². The number of rotatable bonds is 9. The van der Waals surface area contributed by atoms with Gasteiger partial charge in [-0.25, -0.2) is 4.98 Å². The lowest BCUT2D eigenvalue weighted by Gasteiger charge is -2.21. The largest absolute Gasteiger partial charge is 0.383 e. The molecular weight excluding hydrogens is 462 g/mol. The Hall–Kier alpha value is -2.46. The Labute approximate surface area is 198 Å². The molecule has 0 radical (unpaired) electrons. The van der Waals surface area contributed by atoms with E-state index in [0.717, 1.165) is 16.0 Å². The Balaban J connectivity index is 1.54. The smallest absolute Gasteiger partial charge is 0.263 e. The first-order valence-corrected chi connectivity index (χ1v) is 12.8. The van der Waals surface area contributed by atoms with Gasteiger partial charge in [0.25, 0.3) is 5.56 Å². The number of thiophene rings is 2. The van der Waals surface area contributed by atoms with Crippen LogP contribution in [-0.4, -0.2) is 46.4 Å². The van der Waals surface area contributed by atoms with Crippen LogP contribution in [0.25, 0.3) is 21.3 Å². The molecule has 0 aliphatic heterocycles. The number of fused-ring (bicyclic) bond motifs is 1. The molecule has 166 valence electrons. The molecule has 32 heavy (non-hydrogen) atoms. The molecular formula is C23H23N3O3S3. The van der Waals surface area contributed by atoms with E-state index in [4.69, 9.17) is 9.72 Å². The number of hydrogen-bond donors (Lipinski definition) is 0. The topological polar surface area (TPSA) is 64.4 Å². The summed E-state index contributed by atoms with van der Waals surface area (Å²) in [7, 11) is 3.34. The third-order valence-corrected chi connectivity index (χ3v) is 7.78. The highest BCUT2D eigenvalue weighted by Crippen LogP contribution is 2.32. The van der Waals surface area contributed by atoms with E-state index in [-0.39, 0.29) is 17.2 Å². The molecule has 3 aromatic heterocycles. The number of carbonyl (C=O) groups is 1. The zero-order valence-electron chi connectivity index (χ0n) is 17.8. The molecule has 0 unspecified atom stereocenters. The monoisotopic (exact) mass is 485 g/mol. The molecule has 3 heterocycles. The Morgan fingerprint density at radius 2 is 2.00 bits per heavy atom. The van der Waals surface area contributed by atoms with Crippen LogP contribution >= 0.6 is 34.4 Å². The molecule has 4 aromatic rings. The van der Waals surface area contributed by atoms with Crippen molar-refractivity contribution in [3.63, 3.8) is 0 Å². The summed E-state index contributed by atoms with van der Waals surface area (Å²) in [6.45, 7) is 1.55. The molecule has 1 aromatic carbocycles. The van der Waals surface area contributed by atoms with E-state index >= 15 is 0 Å². The third kappa shape index (κ3) is 4.96. The van der Waals surface area contributed by atoms with Gasteiger partial charge in [-0.05, 0) is 17.0 Å². The number of carbonyl (C=O) groups excluding carboxylic acids is 1. The molecule has 0 saturated carbocycles. The maximum atomic E-state index is 13.1. The molecule has 0 bridgehead atoms. The minimum Gasteiger partial charge on any atom is -0.383 e. The number of benzene rings is 1. The predicted molar refractivity (Wildman–Crippen MR) is 133 cm³/mol. The molecule has 0 N–H and O–H groups in total. The van der Waals surface area contributed by atoms with Gasteiger partial charge in [0.1, 0.15) is 4.83 Å². The molecule has 0 aliphatic rings. The SMILES string of the molecule is COCCN(Cc1cccs1)C(=O)CSc1nc2scc(-c3ccccc3)c2c(=O)n1C. The molecule has 0 fully saturated rings. The minimum absolute atomic E-state index is 0.00838. The fourth-order valence-corrected chi connectivity index (χ4v) is 5.90. The Morgan fingerprint density at radius 3 is 2.72 bits per heavy atom. The Bertz CT molecular complexity index is 1250. The summed E-state index contributed by atoms with van der Waals surface area (Å²) in [5.41, 5.74) is 1.79. The van der Waals surface area contributed by atoms with Crippen LogP contribution in [0.4, 0.5) is 0 Å². The Morgan fingerprint density at radius 1 is 1.19 bits per heavy atom. The standard InChI is InChI=1S/C23H23N3O3S3/c1-25-22(28)20-18(16-7-4-3-5-8-16)14-31-21(20)24-23(25)32-15-19(27)26(10-11-29-2)13-17-9-6-12-30-17/h3-9,12,14H,10-11,13,15H2,1-2H3. The van der Waals surface area contributed by atoms with Crippen molar-refractivity contribution in [2.75, 3.05) is 26.0 Å². The maximum Gasteiger partial charge on any atom is 0.263 e. The summed E-state index contributed by atoms with van der Waals surface area (Å²) in [4.78, 5) is 34.4. The number of thioether (sulfide) groups is 1. The van der Waals surface area contributed by atoms with Gasteiger partial charge in [0, 0.05) is 36.5 Å². The van der Waals surface area contributed by atoms with E-state index < -0.39 is 0 Å². The summed E-state index contributed by atoms with van der Waals surface area (Å²) in [5, 5.41) is 5.14. The van der Waals surface area contributed by atoms with Crippen molar-refractivity contribution in [1.82, 2.24) is 14.5 Å². The van der Waals surface area contributed by atoms with E-state index in [1.165, 1.54) is 27.7 Å². The number of nitrogens with zero attached hydrogens (tertiary/aromatic N) is 3. The molecule has 6 nitrogen and oxygen atoms in total. The first kappa shape index (κ1) is 22.7. The van der Waals surface area contributed by atoms with E-state index in [1.807, 2.05) is 53.2 Å². The van der Waals surface area contributed by atoms with Gasteiger partial charge >= 0.3 is 0 Å². The van der Waals surface area contributed by atoms with Gasteiger partial charge in [-0.3, -0.25) is 14.2 Å². The van der Waals surface area contributed by atoms with Gasteiger partial charge in [0.05, 0.1) is 24.3 Å². The van der Waals surface area contributed by atoms with Crippen molar-refractivity contribution in [2.24, 2.45) is 7.05 Å². The fraction of sp³-hybridized carbons (Fsp3) is 0.261. The van der Waals surface area contributed by atoms with Crippen LogP contribution in [0.5, 0.6) is 0 Å². The van der Waals surface area contributed by atoms with Gasteiger partial charge in [-0.1, -0.05) is 48.2 Å². The molecule has 0 saturated heterocycles. The van der Waals surface area contributed by atoms with Gasteiger partial charge in [-0.15, -0.1) is 22.7 Å². The van der Waals surface area contributed by atoms with Crippen molar-refractivity contribution in [1.29, 1.82) is 0 Å². The van der Waals surface area contributed by atoms with Crippen molar-refractivity contribution < 1.29 is 9.53 Å². The first-order valence-electron chi connectivity index (χ1n) is 10.0. The molecule has 0 aliphatic carbocycles. The number of methoxy groups -OCH3 is 1. The van der Waals surface area contributed by atoms with E-state index in [2.05, 4.69) is 0 Å². The van der Waals surface area contributed by atoms with Crippen molar-refractivity contribution >= 4 is 50.6 Å². The highest BCUT2D eigenvalue weighted by Gasteiger charge is 2.19. The second kappa shape index (κ2) is 10.4. The van der Waals surface area contributed by atoms with Gasteiger partial charge in [-0.2, -0.15) is 0 Å². The minimum atomic E-state index is -0.0973. The summed E-state index contributed by atoms with van der Waals surface area (Å²) in [5.74, 6) is 0.198. The van der Waals surface area contributed by atoms with E-state index in [9.17, 15) is 9.59 Å². The lowest BCUT2D eigenvalue weighted by molar-refractivity contribution is -0.129. The second-order valence-electron chi connectivity index (χ2n) is 7.13. The van der Waals surface area contributed by atoms with Crippen molar-refractivity contribution in [3.8, 4) is 11.1 Å². The van der Waals surface area contributed by atoms with Gasteiger partial charge < -0.3 is 9.64 Å². The second-order valence-corrected chi connectivity index (χ2v) is 9.96. The van der Waals surface area contributed by atoms with Crippen molar-refractivity contribution in [3.05, 3.63) is 68.5 Å². The average Bonchev–Trinajstić information content (AvgIpc) is 3.48. The Kier molecular flexibility index (Phi) is 7.41. The zero-order valence-corrected chi connectivity index (χ0v) is 20.3. The molecule has 1 amide bonds. The summed E-state index contributed by atoms with van der Waals surface area (Å²) < 4.78 is 6.71. The highest BCUT2D eigenvalue weighted by atomic mass is 32.2. The van der Waals surface area contributed by atoms with Crippen LogP contribution in [0, 0.1) is 0 Å². The number of amides is 1. The third-order valence-electron chi connectivity index (χ3n) is 5.03. The van der Waals surface area contributed by atoms with Crippen LogP contribution in [0.2, 0.25) is 0 Å². The zero-order chi connectivity index (χ0) is 22.5. The fourth-order valence-electron chi connectivity index (χ4n) is 3.31. The van der Waals surface area contributed by atoms with Crippen LogP contribution in [0.15, 0.2) is 63.2 Å². The quantitative estimate of drug-likeness (QED) is 0.258. The summed E-state index contributed by atoms with van der Waals surface area (Å²) in [6.07, 6.45) is 0. The van der Waals surface area contributed by atoms with Crippen LogP contribution in [-0.2, 0) is 23.1 Å². The summed E-state index contributed by atoms with van der Waals surface area (Å²) in [6, 6.07) is 13.8. The van der Waals surface area contributed by atoms with Crippen LogP contribution < -0.4 is 5.56 Å². The lowest BCUT2D eigenvalue weighted by Crippen LogP contribution is -2.34. The molecule has 9 heteroatoms. The lowest BCUT2D eigenvalue weighted by atomic mass is 10.1. The average molecular weight is 486 g/mol. The van der Waals surface area contributed by atoms with Gasteiger partial charge in [0.2, 0.25) is 5.91 Å². The van der Waals surface area contributed by atoms with Crippen molar-refractivity contribution in [2.45, 2.75) is 11.7 Å². The number of ether oxygens (including phenoxy) is 1. The maximum absolute atomic E-state index is 13.1. The summed E-state index contributed by atoms with van der Waals surface area (Å²) >= 11 is 4.37. The molecule has 0 atom stereocenters. The first-order chi connectivity index (χ1) is 15.6. The van der Waals surface area contributed by atoms with E-state index in [0.29, 0.717) is 35.1 Å². The van der Waals surface area contributed by atoms with E-state index in [1.54, 1.807) is 30.4 Å². The highest BCUT2D eigenvalue weighted by molar-refractivity contribution is 7.99.